The average molecular weight is 335 g/mol. The van der Waals surface area contributed by atoms with E-state index in [4.69, 9.17) is 0 Å². The quantitative estimate of drug-likeness (QED) is 0.804. The maximum atomic E-state index is 12.3. The average Bonchev–Trinajstić information content (AvgIpc) is 3.04. The Labute approximate surface area is 129 Å². The Bertz CT molecular complexity index is 534. The molecule has 20 heavy (non-hydrogen) atoms. The number of nitrogens with one attached hydrogen (secondary N) is 2. The molecule has 1 aromatic heterocycles. The Balaban J connectivity index is 1.97. The smallest absolute Gasteiger partial charge is 0.241 e. The maximum absolute atomic E-state index is 12.3. The zero-order chi connectivity index (χ0) is 14.6. The lowest BCUT2D eigenvalue weighted by atomic mass is 10.1. The fourth-order valence-electron chi connectivity index (χ4n) is 2.15. The maximum Gasteiger partial charge on any atom is 0.241 e. The first-order chi connectivity index (χ1) is 9.45. The summed E-state index contributed by atoms with van der Waals surface area (Å²) in [6.07, 6.45) is 2.25. The molecule has 0 saturated carbocycles. The van der Waals surface area contributed by atoms with Gasteiger partial charge in [-0.15, -0.1) is 11.3 Å². The fourth-order valence-corrected chi connectivity index (χ4v) is 5.90. The second-order valence-corrected chi connectivity index (χ2v) is 9.70. The van der Waals surface area contributed by atoms with Crippen molar-refractivity contribution in [2.45, 2.75) is 42.9 Å². The molecule has 0 bridgehead atoms. The predicted octanol–water partition coefficient (Wildman–Crippen LogP) is 2.42. The van der Waals surface area contributed by atoms with Crippen LogP contribution in [0, 0.1) is 0 Å². The Morgan fingerprint density at radius 2 is 2.25 bits per heavy atom. The van der Waals surface area contributed by atoms with Gasteiger partial charge in [0.05, 0.1) is 4.90 Å². The Morgan fingerprint density at radius 3 is 2.90 bits per heavy atom. The predicted molar refractivity (Wildman–Crippen MR) is 87.0 cm³/mol. The van der Waals surface area contributed by atoms with Gasteiger partial charge in [0.1, 0.15) is 0 Å². The van der Waals surface area contributed by atoms with Crippen molar-refractivity contribution in [2.75, 3.05) is 18.8 Å². The molecule has 0 amide bonds. The highest BCUT2D eigenvalue weighted by molar-refractivity contribution is 8.01. The highest BCUT2D eigenvalue weighted by Crippen LogP contribution is 2.37. The third-order valence-electron chi connectivity index (χ3n) is 3.43. The summed E-state index contributed by atoms with van der Waals surface area (Å²) < 4.78 is 27.4. The number of hydrogen-bond donors (Lipinski definition) is 2. The van der Waals surface area contributed by atoms with Crippen LogP contribution in [0.3, 0.4) is 0 Å². The summed E-state index contributed by atoms with van der Waals surface area (Å²) in [5, 5.41) is 4.93. The van der Waals surface area contributed by atoms with Crippen LogP contribution in [-0.2, 0) is 16.6 Å². The van der Waals surface area contributed by atoms with E-state index in [2.05, 4.69) is 17.0 Å². The number of sulfonamides is 1. The van der Waals surface area contributed by atoms with Crippen LogP contribution in [0.15, 0.2) is 16.3 Å². The van der Waals surface area contributed by atoms with Crippen LogP contribution in [0.4, 0.5) is 0 Å². The SMILES string of the molecule is CCNCc1cc(S(=O)(=O)NCC2(C)CCCS2)cs1. The summed E-state index contributed by atoms with van der Waals surface area (Å²) in [6, 6.07) is 1.76. The molecule has 1 aliphatic rings. The molecular weight excluding hydrogens is 312 g/mol. The van der Waals surface area contributed by atoms with Crippen LogP contribution < -0.4 is 10.0 Å². The van der Waals surface area contributed by atoms with E-state index in [9.17, 15) is 8.42 Å². The molecule has 4 nitrogen and oxygen atoms in total. The zero-order valence-electron chi connectivity index (χ0n) is 11.9. The molecule has 0 spiro atoms. The summed E-state index contributed by atoms with van der Waals surface area (Å²) in [4.78, 5) is 1.44. The zero-order valence-corrected chi connectivity index (χ0v) is 14.4. The molecule has 2 N–H and O–H groups in total. The number of thioether (sulfide) groups is 1. The van der Waals surface area contributed by atoms with E-state index >= 15 is 0 Å². The summed E-state index contributed by atoms with van der Waals surface area (Å²) in [5.74, 6) is 1.13. The van der Waals surface area contributed by atoms with Crippen LogP contribution >= 0.6 is 23.1 Å². The van der Waals surface area contributed by atoms with Crippen molar-refractivity contribution in [1.29, 1.82) is 0 Å². The number of hydrogen-bond acceptors (Lipinski definition) is 5. The number of rotatable bonds is 7. The van der Waals surface area contributed by atoms with E-state index in [1.54, 1.807) is 11.4 Å². The monoisotopic (exact) mass is 334 g/mol. The van der Waals surface area contributed by atoms with E-state index < -0.39 is 10.0 Å². The third-order valence-corrected chi connectivity index (χ3v) is 7.43. The van der Waals surface area contributed by atoms with Crippen LogP contribution in [0.1, 0.15) is 31.6 Å². The molecule has 2 rings (SSSR count). The van der Waals surface area contributed by atoms with Gasteiger partial charge in [-0.25, -0.2) is 13.1 Å². The minimum absolute atomic E-state index is 0.0513. The summed E-state index contributed by atoms with van der Waals surface area (Å²) in [6.45, 7) is 6.29. The van der Waals surface area contributed by atoms with Crippen molar-refractivity contribution in [3.63, 3.8) is 0 Å². The van der Waals surface area contributed by atoms with Gasteiger partial charge in [-0.2, -0.15) is 11.8 Å². The molecule has 2 heterocycles. The minimum atomic E-state index is -3.37. The van der Waals surface area contributed by atoms with E-state index in [0.717, 1.165) is 30.1 Å². The van der Waals surface area contributed by atoms with Gasteiger partial charge in [0, 0.05) is 28.1 Å². The first-order valence-electron chi connectivity index (χ1n) is 6.87. The molecule has 0 aromatic carbocycles. The molecule has 1 aliphatic heterocycles. The molecule has 1 atom stereocenters. The number of thiophene rings is 1. The lowest BCUT2D eigenvalue weighted by Gasteiger charge is -2.22. The molecule has 1 aromatic rings. The van der Waals surface area contributed by atoms with Crippen molar-refractivity contribution in [2.24, 2.45) is 0 Å². The third kappa shape index (κ3) is 4.21. The second-order valence-electron chi connectivity index (χ2n) is 5.26. The summed E-state index contributed by atoms with van der Waals surface area (Å²) in [7, 11) is -3.37. The Kier molecular flexibility index (Phi) is 5.53. The molecular formula is C13H22N2O2S3. The van der Waals surface area contributed by atoms with Crippen molar-refractivity contribution >= 4 is 33.1 Å². The van der Waals surface area contributed by atoms with Gasteiger partial charge >= 0.3 is 0 Å². The summed E-state index contributed by atoms with van der Waals surface area (Å²) in [5.41, 5.74) is 0. The Hall–Kier alpha value is -0.0800. The lowest BCUT2D eigenvalue weighted by molar-refractivity contribution is 0.552. The van der Waals surface area contributed by atoms with Gasteiger partial charge in [-0.05, 0) is 38.1 Å². The van der Waals surface area contributed by atoms with Gasteiger partial charge < -0.3 is 5.32 Å². The van der Waals surface area contributed by atoms with Crippen molar-refractivity contribution in [3.8, 4) is 0 Å². The second kappa shape index (κ2) is 6.79. The largest absolute Gasteiger partial charge is 0.312 e. The molecule has 1 saturated heterocycles. The minimum Gasteiger partial charge on any atom is -0.312 e. The van der Waals surface area contributed by atoms with Crippen molar-refractivity contribution < 1.29 is 8.42 Å². The standard InChI is InChI=1S/C13H22N2O2S3/c1-3-14-8-11-7-12(9-18-11)20(16,17)15-10-13(2)5-4-6-19-13/h7,9,14-15H,3-6,8,10H2,1-2H3. The molecule has 114 valence electrons. The van der Waals surface area contributed by atoms with E-state index in [1.807, 2.05) is 18.7 Å². The molecule has 0 aliphatic carbocycles. The normalized spacial score (nSPS) is 23.3. The molecule has 1 unspecified atom stereocenters. The summed E-state index contributed by atoms with van der Waals surface area (Å²) >= 11 is 3.35. The van der Waals surface area contributed by atoms with Gasteiger partial charge in [-0.1, -0.05) is 6.92 Å². The molecule has 0 radical (unpaired) electrons. The van der Waals surface area contributed by atoms with Gasteiger partial charge in [-0.3, -0.25) is 0 Å². The fraction of sp³-hybridized carbons (Fsp3) is 0.692. The van der Waals surface area contributed by atoms with E-state index in [-0.39, 0.29) is 4.75 Å². The molecule has 7 heteroatoms. The van der Waals surface area contributed by atoms with Crippen LogP contribution in [0.5, 0.6) is 0 Å². The molecule has 1 fully saturated rings. The van der Waals surface area contributed by atoms with Crippen molar-refractivity contribution in [1.82, 2.24) is 10.0 Å². The first kappa shape index (κ1) is 16.3. The van der Waals surface area contributed by atoms with E-state index in [1.165, 1.54) is 17.8 Å². The highest BCUT2D eigenvalue weighted by atomic mass is 32.2. The van der Waals surface area contributed by atoms with Gasteiger partial charge in [0.15, 0.2) is 0 Å². The van der Waals surface area contributed by atoms with Gasteiger partial charge in [0.2, 0.25) is 10.0 Å². The van der Waals surface area contributed by atoms with Crippen LogP contribution in [0.2, 0.25) is 0 Å². The first-order valence-corrected chi connectivity index (χ1v) is 10.2. The van der Waals surface area contributed by atoms with Crippen LogP contribution in [-0.4, -0.2) is 32.0 Å². The lowest BCUT2D eigenvalue weighted by Crippen LogP contribution is -2.36. The highest BCUT2D eigenvalue weighted by Gasteiger charge is 2.31. The van der Waals surface area contributed by atoms with Crippen LogP contribution in [0.25, 0.3) is 0 Å². The van der Waals surface area contributed by atoms with Gasteiger partial charge in [0.25, 0.3) is 0 Å². The van der Waals surface area contributed by atoms with Crippen molar-refractivity contribution in [3.05, 3.63) is 16.3 Å². The Morgan fingerprint density at radius 1 is 1.45 bits per heavy atom. The topological polar surface area (TPSA) is 58.2 Å². The van der Waals surface area contributed by atoms with E-state index in [0.29, 0.717) is 11.4 Å².